The van der Waals surface area contributed by atoms with Gasteiger partial charge in [0, 0.05) is 10.8 Å². The Kier molecular flexibility index (Phi) is 2.37. The van der Waals surface area contributed by atoms with Crippen LogP contribution in [0.4, 0.5) is 0 Å². The second kappa shape index (κ2) is 3.81. The molecule has 0 saturated heterocycles. The van der Waals surface area contributed by atoms with E-state index in [1.165, 1.54) is 16.3 Å². The second-order valence-corrected chi connectivity index (χ2v) is 5.80. The minimum atomic E-state index is 0.143. The van der Waals surface area contributed by atoms with Crippen LogP contribution in [-0.2, 0) is 5.41 Å². The highest BCUT2D eigenvalue weighted by Crippen LogP contribution is 2.30. The van der Waals surface area contributed by atoms with Crippen LogP contribution >= 0.6 is 0 Å². The SMILES string of the molecule is CC(C)(C)c1cccc2nc3ccccc3cc12. The van der Waals surface area contributed by atoms with Gasteiger partial charge in [-0.1, -0.05) is 51.1 Å². The van der Waals surface area contributed by atoms with Crippen molar-refractivity contribution in [1.29, 1.82) is 0 Å². The fourth-order valence-electron chi connectivity index (χ4n) is 2.45. The average molecular weight is 235 g/mol. The maximum Gasteiger partial charge on any atom is 0.0712 e. The summed E-state index contributed by atoms with van der Waals surface area (Å²) in [4.78, 5) is 4.75. The number of pyridine rings is 1. The zero-order valence-corrected chi connectivity index (χ0v) is 11.1. The molecule has 1 heteroatoms. The number of benzene rings is 2. The first-order chi connectivity index (χ1) is 8.55. The molecule has 1 heterocycles. The summed E-state index contributed by atoms with van der Waals surface area (Å²) in [6.45, 7) is 6.74. The summed E-state index contributed by atoms with van der Waals surface area (Å²) in [6.07, 6.45) is 0. The van der Waals surface area contributed by atoms with E-state index in [-0.39, 0.29) is 5.41 Å². The van der Waals surface area contributed by atoms with E-state index in [0.29, 0.717) is 0 Å². The third-order valence-electron chi connectivity index (χ3n) is 3.37. The molecule has 2 aromatic carbocycles. The van der Waals surface area contributed by atoms with Crippen LogP contribution in [0, 0.1) is 0 Å². The van der Waals surface area contributed by atoms with Gasteiger partial charge in [-0.15, -0.1) is 0 Å². The minimum Gasteiger partial charge on any atom is -0.248 e. The maximum atomic E-state index is 4.75. The Hall–Kier alpha value is -1.89. The van der Waals surface area contributed by atoms with Gasteiger partial charge in [0.1, 0.15) is 0 Å². The normalized spacial score (nSPS) is 12.2. The lowest BCUT2D eigenvalue weighted by Gasteiger charge is -2.21. The van der Waals surface area contributed by atoms with E-state index in [1.807, 2.05) is 6.07 Å². The quantitative estimate of drug-likeness (QED) is 0.515. The highest BCUT2D eigenvalue weighted by Gasteiger charge is 2.17. The largest absolute Gasteiger partial charge is 0.248 e. The number of hydrogen-bond donors (Lipinski definition) is 0. The molecular weight excluding hydrogens is 218 g/mol. The van der Waals surface area contributed by atoms with Gasteiger partial charge in [0.05, 0.1) is 11.0 Å². The Labute approximate surface area is 107 Å². The van der Waals surface area contributed by atoms with Gasteiger partial charge in [0.25, 0.3) is 0 Å². The lowest BCUT2D eigenvalue weighted by atomic mass is 9.84. The van der Waals surface area contributed by atoms with Crippen molar-refractivity contribution >= 4 is 21.8 Å². The second-order valence-electron chi connectivity index (χ2n) is 5.80. The molecule has 90 valence electrons. The molecule has 0 N–H and O–H groups in total. The van der Waals surface area contributed by atoms with Crippen LogP contribution in [0.1, 0.15) is 26.3 Å². The molecule has 0 atom stereocenters. The molecule has 0 radical (unpaired) electrons. The molecule has 0 aliphatic rings. The fraction of sp³-hybridized carbons (Fsp3) is 0.235. The topological polar surface area (TPSA) is 12.9 Å². The number of aromatic nitrogens is 1. The van der Waals surface area contributed by atoms with Crippen molar-refractivity contribution in [2.45, 2.75) is 26.2 Å². The molecular formula is C17H17N. The van der Waals surface area contributed by atoms with E-state index in [9.17, 15) is 0 Å². The van der Waals surface area contributed by atoms with Gasteiger partial charge in [-0.25, -0.2) is 4.98 Å². The van der Waals surface area contributed by atoms with Crippen molar-refractivity contribution in [2.24, 2.45) is 0 Å². The highest BCUT2D eigenvalue weighted by molar-refractivity contribution is 5.94. The monoisotopic (exact) mass is 235 g/mol. The molecule has 0 fully saturated rings. The lowest BCUT2D eigenvalue weighted by molar-refractivity contribution is 0.596. The molecule has 0 spiro atoms. The van der Waals surface area contributed by atoms with Gasteiger partial charge >= 0.3 is 0 Å². The van der Waals surface area contributed by atoms with Crippen LogP contribution in [0.3, 0.4) is 0 Å². The summed E-state index contributed by atoms with van der Waals surface area (Å²) in [7, 11) is 0. The van der Waals surface area contributed by atoms with Crippen LogP contribution < -0.4 is 0 Å². The Morgan fingerprint density at radius 2 is 1.56 bits per heavy atom. The fourth-order valence-corrected chi connectivity index (χ4v) is 2.45. The van der Waals surface area contributed by atoms with Crippen molar-refractivity contribution in [3.8, 4) is 0 Å². The predicted octanol–water partition coefficient (Wildman–Crippen LogP) is 4.69. The molecule has 18 heavy (non-hydrogen) atoms. The molecule has 0 amide bonds. The van der Waals surface area contributed by atoms with E-state index >= 15 is 0 Å². The van der Waals surface area contributed by atoms with Crippen molar-refractivity contribution in [3.63, 3.8) is 0 Å². The van der Waals surface area contributed by atoms with E-state index in [1.54, 1.807) is 0 Å². The molecule has 0 aliphatic heterocycles. The van der Waals surface area contributed by atoms with Crippen molar-refractivity contribution in [1.82, 2.24) is 4.98 Å². The van der Waals surface area contributed by atoms with Gasteiger partial charge in [0.2, 0.25) is 0 Å². The molecule has 0 unspecified atom stereocenters. The van der Waals surface area contributed by atoms with Crippen LogP contribution in [-0.4, -0.2) is 4.98 Å². The molecule has 0 aliphatic carbocycles. The Morgan fingerprint density at radius 3 is 2.33 bits per heavy atom. The van der Waals surface area contributed by atoms with E-state index < -0.39 is 0 Å². The lowest BCUT2D eigenvalue weighted by Crippen LogP contribution is -2.11. The van der Waals surface area contributed by atoms with E-state index in [4.69, 9.17) is 4.98 Å². The molecule has 3 rings (SSSR count). The van der Waals surface area contributed by atoms with Crippen LogP contribution in [0.5, 0.6) is 0 Å². The summed E-state index contributed by atoms with van der Waals surface area (Å²) in [5.74, 6) is 0. The van der Waals surface area contributed by atoms with Gasteiger partial charge < -0.3 is 0 Å². The first kappa shape index (κ1) is 11.2. The smallest absolute Gasteiger partial charge is 0.0712 e. The number of rotatable bonds is 0. The zero-order valence-electron chi connectivity index (χ0n) is 11.1. The first-order valence-corrected chi connectivity index (χ1v) is 6.35. The van der Waals surface area contributed by atoms with Gasteiger partial charge in [-0.3, -0.25) is 0 Å². The average Bonchev–Trinajstić information content (AvgIpc) is 2.34. The van der Waals surface area contributed by atoms with Crippen LogP contribution in [0.2, 0.25) is 0 Å². The third-order valence-corrected chi connectivity index (χ3v) is 3.37. The minimum absolute atomic E-state index is 0.143. The third kappa shape index (κ3) is 1.76. The summed E-state index contributed by atoms with van der Waals surface area (Å²) in [5.41, 5.74) is 3.65. The Bertz CT molecular complexity index is 720. The molecule has 0 saturated carbocycles. The summed E-state index contributed by atoms with van der Waals surface area (Å²) < 4.78 is 0. The van der Waals surface area contributed by atoms with Crippen molar-refractivity contribution < 1.29 is 0 Å². The zero-order chi connectivity index (χ0) is 12.8. The first-order valence-electron chi connectivity index (χ1n) is 6.35. The summed E-state index contributed by atoms with van der Waals surface area (Å²) >= 11 is 0. The van der Waals surface area contributed by atoms with Gasteiger partial charge in [-0.2, -0.15) is 0 Å². The van der Waals surface area contributed by atoms with Gasteiger partial charge in [-0.05, 0) is 29.2 Å². The van der Waals surface area contributed by atoms with E-state index in [2.05, 4.69) is 63.2 Å². The van der Waals surface area contributed by atoms with Crippen molar-refractivity contribution in [2.75, 3.05) is 0 Å². The molecule has 1 aromatic heterocycles. The maximum absolute atomic E-state index is 4.75. The standard InChI is InChI=1S/C17H17N/c1-17(2,3)14-8-6-10-16-13(14)11-12-7-4-5-9-15(12)18-16/h4-11H,1-3H3. The highest BCUT2D eigenvalue weighted by atomic mass is 14.7. The number of hydrogen-bond acceptors (Lipinski definition) is 1. The number of fused-ring (bicyclic) bond motifs is 2. The van der Waals surface area contributed by atoms with Crippen LogP contribution in [0.25, 0.3) is 21.8 Å². The van der Waals surface area contributed by atoms with Crippen LogP contribution in [0.15, 0.2) is 48.5 Å². The Morgan fingerprint density at radius 1 is 0.833 bits per heavy atom. The Balaban J connectivity index is 2.44. The predicted molar refractivity (Wildman–Crippen MR) is 77.9 cm³/mol. The molecule has 3 aromatic rings. The number of para-hydroxylation sites is 1. The molecule has 0 bridgehead atoms. The van der Waals surface area contributed by atoms with Gasteiger partial charge in [0.15, 0.2) is 0 Å². The van der Waals surface area contributed by atoms with E-state index in [0.717, 1.165) is 11.0 Å². The molecule has 1 nitrogen and oxygen atoms in total. The van der Waals surface area contributed by atoms with Crippen molar-refractivity contribution in [3.05, 3.63) is 54.1 Å². The number of nitrogens with zero attached hydrogens (tertiary/aromatic N) is 1. The summed E-state index contributed by atoms with van der Waals surface area (Å²) in [6, 6.07) is 17.0. The summed E-state index contributed by atoms with van der Waals surface area (Å²) in [5, 5.41) is 2.48.